The molecule has 0 unspecified atom stereocenters. The Bertz CT molecular complexity index is 825. The summed E-state index contributed by atoms with van der Waals surface area (Å²) in [6, 6.07) is 13.7. The molecule has 1 amide bonds. The van der Waals surface area contributed by atoms with E-state index in [9.17, 15) is 4.79 Å². The first-order valence-electron chi connectivity index (χ1n) is 10.4. The Morgan fingerprint density at radius 1 is 0.966 bits per heavy atom. The van der Waals surface area contributed by atoms with Crippen molar-refractivity contribution in [1.82, 2.24) is 0 Å². The maximum Gasteiger partial charge on any atom is 0.248 e. The highest BCUT2D eigenvalue weighted by molar-refractivity contribution is 6.02. The summed E-state index contributed by atoms with van der Waals surface area (Å²) in [5.41, 5.74) is 2.89. The molecule has 0 bridgehead atoms. The number of hydrogen-bond donors (Lipinski definition) is 1. The molecule has 2 aromatic rings. The number of nitrogens with zero attached hydrogens (tertiary/aromatic N) is 1. The van der Waals surface area contributed by atoms with Crippen molar-refractivity contribution in [2.45, 2.75) is 33.1 Å². The van der Waals surface area contributed by atoms with Gasteiger partial charge in [-0.25, -0.2) is 0 Å². The second-order valence-electron chi connectivity index (χ2n) is 6.99. The number of carbonyl (C=O) groups excluding carboxylic acids is 1. The van der Waals surface area contributed by atoms with Gasteiger partial charge < -0.3 is 19.7 Å². The summed E-state index contributed by atoms with van der Waals surface area (Å²) in [5, 5.41) is 2.91. The van der Waals surface area contributed by atoms with Crippen molar-refractivity contribution in [2.24, 2.45) is 0 Å². The molecule has 0 aromatic heterocycles. The van der Waals surface area contributed by atoms with E-state index in [1.165, 1.54) is 31.0 Å². The topological polar surface area (TPSA) is 50.8 Å². The first-order chi connectivity index (χ1) is 14.2. The molecule has 5 nitrogen and oxygen atoms in total. The van der Waals surface area contributed by atoms with Gasteiger partial charge in [0.15, 0.2) is 11.5 Å². The van der Waals surface area contributed by atoms with E-state index in [4.69, 9.17) is 9.47 Å². The summed E-state index contributed by atoms with van der Waals surface area (Å²) in [7, 11) is 0. The second kappa shape index (κ2) is 10.6. The molecule has 1 saturated heterocycles. The van der Waals surface area contributed by atoms with Gasteiger partial charge >= 0.3 is 0 Å². The molecule has 5 heteroatoms. The lowest BCUT2D eigenvalue weighted by atomic mass is 10.1. The Morgan fingerprint density at radius 2 is 1.66 bits per heavy atom. The van der Waals surface area contributed by atoms with Gasteiger partial charge in [0.2, 0.25) is 5.91 Å². The van der Waals surface area contributed by atoms with Crippen molar-refractivity contribution in [3.05, 3.63) is 54.1 Å². The molecule has 1 aliphatic heterocycles. The monoisotopic (exact) mass is 394 g/mol. The molecular weight excluding hydrogens is 364 g/mol. The van der Waals surface area contributed by atoms with Gasteiger partial charge in [-0.3, -0.25) is 4.79 Å². The van der Waals surface area contributed by atoms with Crippen LogP contribution >= 0.6 is 0 Å². The van der Waals surface area contributed by atoms with Crippen LogP contribution in [0.2, 0.25) is 0 Å². The molecule has 1 fully saturated rings. The first kappa shape index (κ1) is 20.8. The molecule has 3 rings (SSSR count). The smallest absolute Gasteiger partial charge is 0.248 e. The van der Waals surface area contributed by atoms with E-state index < -0.39 is 0 Å². The number of nitrogens with one attached hydrogen (secondary N) is 1. The number of rotatable bonds is 8. The minimum absolute atomic E-state index is 0.164. The molecule has 0 atom stereocenters. The van der Waals surface area contributed by atoms with Crippen LogP contribution in [0.25, 0.3) is 6.08 Å². The zero-order chi connectivity index (χ0) is 20.5. The summed E-state index contributed by atoms with van der Waals surface area (Å²) < 4.78 is 11.2. The van der Waals surface area contributed by atoms with Crippen LogP contribution in [0.15, 0.2) is 48.5 Å². The zero-order valence-corrected chi connectivity index (χ0v) is 17.3. The van der Waals surface area contributed by atoms with Crippen LogP contribution in [0.3, 0.4) is 0 Å². The highest BCUT2D eigenvalue weighted by atomic mass is 16.5. The Morgan fingerprint density at radius 3 is 2.34 bits per heavy atom. The molecule has 1 heterocycles. The SMILES string of the molecule is CCOc1ccc(C=CC(=O)Nc2ccc(N3CCCCC3)cc2)cc1OCC. The van der Waals surface area contributed by atoms with Gasteiger partial charge in [-0.2, -0.15) is 0 Å². The molecule has 1 aliphatic rings. The Balaban J connectivity index is 1.59. The Labute approximate surface area is 173 Å². The standard InChI is InChI=1S/C24H30N2O3/c1-3-28-22-14-8-19(18-23(22)29-4-2)9-15-24(27)25-20-10-12-21(13-11-20)26-16-6-5-7-17-26/h8-15,18H,3-7,16-17H2,1-2H3,(H,25,27). The molecule has 1 N–H and O–H groups in total. The van der Waals surface area contributed by atoms with E-state index in [0.717, 1.165) is 24.3 Å². The highest BCUT2D eigenvalue weighted by Crippen LogP contribution is 2.29. The maximum atomic E-state index is 12.3. The highest BCUT2D eigenvalue weighted by Gasteiger charge is 2.10. The average Bonchev–Trinajstić information content (AvgIpc) is 2.75. The number of piperidine rings is 1. The maximum absolute atomic E-state index is 12.3. The van der Waals surface area contributed by atoms with E-state index in [0.29, 0.717) is 24.7 Å². The third kappa shape index (κ3) is 6.01. The summed E-state index contributed by atoms with van der Waals surface area (Å²) in [5.74, 6) is 1.23. The average molecular weight is 395 g/mol. The number of hydrogen-bond acceptors (Lipinski definition) is 4. The summed E-state index contributed by atoms with van der Waals surface area (Å²) in [6.07, 6.45) is 7.12. The fourth-order valence-corrected chi connectivity index (χ4v) is 3.43. The number of anilines is 2. The van der Waals surface area contributed by atoms with Crippen LogP contribution in [0, 0.1) is 0 Å². The third-order valence-electron chi connectivity index (χ3n) is 4.85. The van der Waals surface area contributed by atoms with Gasteiger partial charge in [0.1, 0.15) is 0 Å². The van der Waals surface area contributed by atoms with Crippen molar-refractivity contribution in [3.8, 4) is 11.5 Å². The lowest BCUT2D eigenvalue weighted by molar-refractivity contribution is -0.111. The number of carbonyl (C=O) groups is 1. The van der Waals surface area contributed by atoms with Crippen LogP contribution < -0.4 is 19.7 Å². The van der Waals surface area contributed by atoms with Gasteiger partial charge in [0, 0.05) is 30.5 Å². The van der Waals surface area contributed by atoms with E-state index in [-0.39, 0.29) is 5.91 Å². The zero-order valence-electron chi connectivity index (χ0n) is 17.3. The molecule has 154 valence electrons. The van der Waals surface area contributed by atoms with E-state index in [1.807, 2.05) is 44.2 Å². The summed E-state index contributed by atoms with van der Waals surface area (Å²) in [6.45, 7) is 7.23. The van der Waals surface area contributed by atoms with Crippen molar-refractivity contribution in [2.75, 3.05) is 36.5 Å². The first-order valence-corrected chi connectivity index (χ1v) is 10.4. The quantitative estimate of drug-likeness (QED) is 0.631. The van der Waals surface area contributed by atoms with Crippen LogP contribution in [0.4, 0.5) is 11.4 Å². The van der Waals surface area contributed by atoms with Crippen molar-refractivity contribution in [1.29, 1.82) is 0 Å². The lowest BCUT2D eigenvalue weighted by Crippen LogP contribution is -2.29. The predicted molar refractivity (Wildman–Crippen MR) is 119 cm³/mol. The fraction of sp³-hybridized carbons (Fsp3) is 0.375. The second-order valence-corrected chi connectivity index (χ2v) is 6.99. The third-order valence-corrected chi connectivity index (χ3v) is 4.85. The number of benzene rings is 2. The fourth-order valence-electron chi connectivity index (χ4n) is 3.43. The van der Waals surface area contributed by atoms with Crippen LogP contribution in [0.5, 0.6) is 11.5 Å². The molecule has 2 aromatic carbocycles. The van der Waals surface area contributed by atoms with Gasteiger partial charge in [0.05, 0.1) is 13.2 Å². The lowest BCUT2D eigenvalue weighted by Gasteiger charge is -2.28. The largest absolute Gasteiger partial charge is 0.490 e. The number of amides is 1. The van der Waals surface area contributed by atoms with E-state index in [1.54, 1.807) is 6.08 Å². The predicted octanol–water partition coefficient (Wildman–Crippen LogP) is 5.13. The van der Waals surface area contributed by atoms with E-state index in [2.05, 4.69) is 22.3 Å². The number of ether oxygens (including phenoxy) is 2. The van der Waals surface area contributed by atoms with Gasteiger partial charge in [0.25, 0.3) is 0 Å². The van der Waals surface area contributed by atoms with Gasteiger partial charge in [-0.05, 0) is 81.1 Å². The van der Waals surface area contributed by atoms with Crippen LogP contribution in [-0.2, 0) is 4.79 Å². The minimum atomic E-state index is -0.164. The molecule has 0 saturated carbocycles. The summed E-state index contributed by atoms with van der Waals surface area (Å²) in [4.78, 5) is 14.7. The van der Waals surface area contributed by atoms with Crippen molar-refractivity contribution in [3.63, 3.8) is 0 Å². The minimum Gasteiger partial charge on any atom is -0.490 e. The Hall–Kier alpha value is -2.95. The molecule has 0 radical (unpaired) electrons. The molecule has 0 spiro atoms. The van der Waals surface area contributed by atoms with E-state index >= 15 is 0 Å². The molecular formula is C24H30N2O3. The van der Waals surface area contributed by atoms with Crippen molar-refractivity contribution < 1.29 is 14.3 Å². The summed E-state index contributed by atoms with van der Waals surface area (Å²) >= 11 is 0. The normalized spacial score (nSPS) is 14.1. The molecule has 29 heavy (non-hydrogen) atoms. The van der Waals surface area contributed by atoms with Crippen molar-refractivity contribution >= 4 is 23.4 Å². The Kier molecular flexibility index (Phi) is 7.56. The van der Waals surface area contributed by atoms with Gasteiger partial charge in [-0.1, -0.05) is 6.07 Å². The van der Waals surface area contributed by atoms with Gasteiger partial charge in [-0.15, -0.1) is 0 Å². The van der Waals surface area contributed by atoms with Crippen LogP contribution in [-0.4, -0.2) is 32.2 Å². The van der Waals surface area contributed by atoms with Crippen LogP contribution in [0.1, 0.15) is 38.7 Å². The molecule has 0 aliphatic carbocycles.